The van der Waals surface area contributed by atoms with Crippen molar-refractivity contribution in [1.82, 2.24) is 4.98 Å². The van der Waals surface area contributed by atoms with Crippen LogP contribution in [0.1, 0.15) is 21.6 Å². The fourth-order valence-electron chi connectivity index (χ4n) is 1.75. The van der Waals surface area contributed by atoms with Crippen LogP contribution in [0, 0.1) is 13.8 Å². The van der Waals surface area contributed by atoms with Crippen molar-refractivity contribution >= 4 is 32.8 Å². The van der Waals surface area contributed by atoms with Gasteiger partial charge in [0.1, 0.15) is 0 Å². The van der Waals surface area contributed by atoms with Gasteiger partial charge in [-0.05, 0) is 31.5 Å². The summed E-state index contributed by atoms with van der Waals surface area (Å²) in [6, 6.07) is 5.49. The summed E-state index contributed by atoms with van der Waals surface area (Å²) < 4.78 is 0.762. The second-order valence-electron chi connectivity index (χ2n) is 3.64. The van der Waals surface area contributed by atoms with Crippen LogP contribution >= 0.6 is 15.9 Å². The minimum atomic E-state index is -0.917. The number of hydrogen-bond donors (Lipinski definition) is 1. The van der Waals surface area contributed by atoms with Crippen LogP contribution in [0.15, 0.2) is 22.7 Å². The number of hydrogen-bond acceptors (Lipinski definition) is 2. The van der Waals surface area contributed by atoms with Gasteiger partial charge in [-0.2, -0.15) is 0 Å². The molecule has 0 fully saturated rings. The van der Waals surface area contributed by atoms with E-state index in [2.05, 4.69) is 20.9 Å². The smallest absolute Gasteiger partial charge is 0.336 e. The fraction of sp³-hybridized carbons (Fsp3) is 0.167. The zero-order chi connectivity index (χ0) is 11.9. The normalized spacial score (nSPS) is 10.7. The Balaban J connectivity index is 3.03. The predicted molar refractivity (Wildman–Crippen MR) is 65.9 cm³/mol. The molecule has 1 heterocycles. The number of aromatic carboxylic acids is 1. The van der Waals surface area contributed by atoms with Gasteiger partial charge in [0.2, 0.25) is 0 Å². The Bertz CT molecular complexity index is 593. The highest BCUT2D eigenvalue weighted by Gasteiger charge is 2.17. The Labute approximate surface area is 101 Å². The predicted octanol–water partition coefficient (Wildman–Crippen LogP) is 3.31. The number of rotatable bonds is 1. The van der Waals surface area contributed by atoms with E-state index in [9.17, 15) is 9.90 Å². The number of pyridine rings is 1. The van der Waals surface area contributed by atoms with E-state index in [-0.39, 0.29) is 0 Å². The van der Waals surface area contributed by atoms with Crippen molar-refractivity contribution in [2.24, 2.45) is 0 Å². The van der Waals surface area contributed by atoms with Crippen LogP contribution in [0.5, 0.6) is 0 Å². The van der Waals surface area contributed by atoms with Crippen LogP contribution in [0.3, 0.4) is 0 Å². The quantitative estimate of drug-likeness (QED) is 0.871. The van der Waals surface area contributed by atoms with E-state index in [0.29, 0.717) is 22.0 Å². The lowest BCUT2D eigenvalue weighted by Crippen LogP contribution is -2.05. The van der Waals surface area contributed by atoms with Gasteiger partial charge in [-0.15, -0.1) is 0 Å². The van der Waals surface area contributed by atoms with Crippen molar-refractivity contribution in [3.05, 3.63) is 39.5 Å². The van der Waals surface area contributed by atoms with E-state index in [4.69, 9.17) is 0 Å². The summed E-state index contributed by atoms with van der Waals surface area (Å²) in [7, 11) is 0. The minimum absolute atomic E-state index is 0.329. The number of fused-ring (bicyclic) bond motifs is 1. The number of carboxylic acid groups (broad SMARTS) is 1. The molecule has 0 radical (unpaired) electrons. The van der Waals surface area contributed by atoms with Crippen LogP contribution < -0.4 is 0 Å². The van der Waals surface area contributed by atoms with Gasteiger partial charge in [-0.25, -0.2) is 4.79 Å². The summed E-state index contributed by atoms with van der Waals surface area (Å²) in [5.74, 6) is -0.917. The first kappa shape index (κ1) is 11.1. The summed E-state index contributed by atoms with van der Waals surface area (Å²) in [5.41, 5.74) is 2.50. The maximum atomic E-state index is 11.3. The molecular weight excluding hydrogens is 270 g/mol. The molecule has 0 bridgehead atoms. The van der Waals surface area contributed by atoms with E-state index in [1.165, 1.54) is 0 Å². The lowest BCUT2D eigenvalue weighted by molar-refractivity contribution is 0.0698. The Morgan fingerprint density at radius 2 is 2.06 bits per heavy atom. The van der Waals surface area contributed by atoms with E-state index < -0.39 is 5.97 Å². The van der Waals surface area contributed by atoms with Gasteiger partial charge in [0, 0.05) is 15.6 Å². The van der Waals surface area contributed by atoms with Gasteiger partial charge < -0.3 is 5.11 Å². The molecule has 1 aromatic heterocycles. The first-order valence-corrected chi connectivity index (χ1v) is 5.60. The van der Waals surface area contributed by atoms with Gasteiger partial charge >= 0.3 is 5.97 Å². The third kappa shape index (κ3) is 1.59. The lowest BCUT2D eigenvalue weighted by Gasteiger charge is -2.10. The molecule has 4 heteroatoms. The van der Waals surface area contributed by atoms with Crippen LogP contribution in [0.25, 0.3) is 10.9 Å². The van der Waals surface area contributed by atoms with Crippen LogP contribution in [0.2, 0.25) is 0 Å². The van der Waals surface area contributed by atoms with E-state index in [0.717, 1.165) is 10.2 Å². The maximum absolute atomic E-state index is 11.3. The lowest BCUT2D eigenvalue weighted by atomic mass is 10.0. The van der Waals surface area contributed by atoms with Gasteiger partial charge in [0.15, 0.2) is 0 Å². The summed E-state index contributed by atoms with van der Waals surface area (Å²) >= 11 is 3.37. The van der Waals surface area contributed by atoms with Gasteiger partial charge in [0.05, 0.1) is 11.1 Å². The number of benzene rings is 1. The molecule has 0 saturated heterocycles. The third-order valence-corrected chi connectivity index (χ3v) is 3.32. The maximum Gasteiger partial charge on any atom is 0.336 e. The third-order valence-electron chi connectivity index (χ3n) is 2.66. The molecule has 82 valence electrons. The molecule has 16 heavy (non-hydrogen) atoms. The largest absolute Gasteiger partial charge is 0.478 e. The summed E-state index contributed by atoms with van der Waals surface area (Å²) in [4.78, 5) is 15.7. The number of halogens is 1. The molecule has 1 aromatic carbocycles. The first-order chi connectivity index (χ1) is 7.52. The molecule has 2 rings (SSSR count). The monoisotopic (exact) mass is 279 g/mol. The Morgan fingerprint density at radius 3 is 2.69 bits per heavy atom. The molecule has 0 aliphatic rings. The molecule has 0 saturated carbocycles. The SMILES string of the molecule is Cc1nc2cccc(Br)c2c(C(=O)O)c1C. The number of carboxylic acids is 1. The zero-order valence-electron chi connectivity index (χ0n) is 8.91. The molecule has 0 spiro atoms. The van der Waals surface area contributed by atoms with Gasteiger partial charge in [-0.1, -0.05) is 22.0 Å². The zero-order valence-corrected chi connectivity index (χ0v) is 10.5. The van der Waals surface area contributed by atoms with Gasteiger partial charge in [-0.3, -0.25) is 4.98 Å². The van der Waals surface area contributed by atoms with Crippen molar-refractivity contribution in [1.29, 1.82) is 0 Å². The van der Waals surface area contributed by atoms with Crippen LogP contribution in [-0.2, 0) is 0 Å². The molecule has 0 amide bonds. The topological polar surface area (TPSA) is 50.2 Å². The van der Waals surface area contributed by atoms with Crippen LogP contribution in [-0.4, -0.2) is 16.1 Å². The Morgan fingerprint density at radius 1 is 1.38 bits per heavy atom. The number of aromatic nitrogens is 1. The highest BCUT2D eigenvalue weighted by atomic mass is 79.9. The highest BCUT2D eigenvalue weighted by Crippen LogP contribution is 2.29. The van der Waals surface area contributed by atoms with Crippen LogP contribution in [0.4, 0.5) is 0 Å². The first-order valence-electron chi connectivity index (χ1n) is 4.81. The number of aryl methyl sites for hydroxylation is 1. The highest BCUT2D eigenvalue weighted by molar-refractivity contribution is 9.10. The summed E-state index contributed by atoms with van der Waals surface area (Å²) in [5, 5.41) is 9.93. The molecule has 3 nitrogen and oxygen atoms in total. The van der Waals surface area contributed by atoms with Crippen molar-refractivity contribution in [3.8, 4) is 0 Å². The van der Waals surface area contributed by atoms with Crippen molar-refractivity contribution < 1.29 is 9.90 Å². The average molecular weight is 280 g/mol. The second kappa shape index (κ2) is 3.87. The summed E-state index contributed by atoms with van der Waals surface area (Å²) in [6.45, 7) is 3.60. The molecule has 0 atom stereocenters. The van der Waals surface area contributed by atoms with Gasteiger partial charge in [0.25, 0.3) is 0 Å². The second-order valence-corrected chi connectivity index (χ2v) is 4.49. The molecule has 0 aliphatic carbocycles. The summed E-state index contributed by atoms with van der Waals surface area (Å²) in [6.07, 6.45) is 0. The Kier molecular flexibility index (Phi) is 2.68. The Hall–Kier alpha value is -1.42. The fourth-order valence-corrected chi connectivity index (χ4v) is 2.31. The van der Waals surface area contributed by atoms with Crippen molar-refractivity contribution in [3.63, 3.8) is 0 Å². The van der Waals surface area contributed by atoms with Crippen molar-refractivity contribution in [2.75, 3.05) is 0 Å². The number of carbonyl (C=O) groups is 1. The van der Waals surface area contributed by atoms with E-state index >= 15 is 0 Å². The van der Waals surface area contributed by atoms with E-state index in [1.54, 1.807) is 6.92 Å². The molecule has 1 N–H and O–H groups in total. The standard InChI is InChI=1S/C12H10BrNO2/c1-6-7(2)14-9-5-3-4-8(13)11(9)10(6)12(15)16/h3-5H,1-2H3,(H,15,16). The molecule has 0 aliphatic heterocycles. The van der Waals surface area contributed by atoms with Crippen molar-refractivity contribution in [2.45, 2.75) is 13.8 Å². The number of nitrogens with zero attached hydrogens (tertiary/aromatic N) is 1. The molecular formula is C12H10BrNO2. The molecule has 0 unspecified atom stereocenters. The molecule has 2 aromatic rings. The average Bonchev–Trinajstić information content (AvgIpc) is 2.20. The van der Waals surface area contributed by atoms with E-state index in [1.807, 2.05) is 25.1 Å². The minimum Gasteiger partial charge on any atom is -0.478 e.